The number of carbonyl (C=O) groups is 1. The van der Waals surface area contributed by atoms with Gasteiger partial charge >= 0.3 is 6.09 Å². The van der Waals surface area contributed by atoms with E-state index >= 15 is 0 Å². The standard InChI is InChI=1S/C23H31N3O2/c1-23(2,3)28-22(27)25-13-19-15-26(14-17-7-5-4-6-8-17)16-21(19)18-9-11-20(24)12-10-18/h4-12,19,21H,13-16,24H2,1-3H3,(H,25,27)/t19-,21+/m0/s1. The molecule has 3 N–H and O–H groups in total. The molecule has 0 unspecified atom stereocenters. The molecule has 1 saturated heterocycles. The summed E-state index contributed by atoms with van der Waals surface area (Å²) in [6.45, 7) is 9.02. The number of hydrogen-bond acceptors (Lipinski definition) is 4. The Morgan fingerprint density at radius 2 is 1.79 bits per heavy atom. The average Bonchev–Trinajstić information content (AvgIpc) is 3.03. The lowest BCUT2D eigenvalue weighted by Gasteiger charge is -2.22. The number of hydrogen-bond donors (Lipinski definition) is 2. The molecule has 0 spiro atoms. The van der Waals surface area contributed by atoms with Crippen molar-refractivity contribution in [2.45, 2.75) is 38.8 Å². The van der Waals surface area contributed by atoms with E-state index in [0.29, 0.717) is 18.4 Å². The molecule has 0 aliphatic carbocycles. The molecule has 0 aromatic heterocycles. The Hall–Kier alpha value is -2.53. The molecule has 28 heavy (non-hydrogen) atoms. The molecule has 3 rings (SSSR count). The van der Waals surface area contributed by atoms with E-state index in [1.54, 1.807) is 0 Å². The van der Waals surface area contributed by atoms with Crippen molar-refractivity contribution in [3.63, 3.8) is 0 Å². The molecule has 5 nitrogen and oxygen atoms in total. The Bertz CT molecular complexity index is 769. The van der Waals surface area contributed by atoms with Crippen LogP contribution in [0.2, 0.25) is 0 Å². The summed E-state index contributed by atoms with van der Waals surface area (Å²) in [6, 6.07) is 18.6. The topological polar surface area (TPSA) is 67.6 Å². The summed E-state index contributed by atoms with van der Waals surface area (Å²) in [5, 5.41) is 2.96. The zero-order valence-corrected chi connectivity index (χ0v) is 17.0. The molecular weight excluding hydrogens is 350 g/mol. The lowest BCUT2D eigenvalue weighted by atomic mass is 9.89. The van der Waals surface area contributed by atoms with Crippen LogP contribution in [0.5, 0.6) is 0 Å². The molecule has 1 aliphatic rings. The second-order valence-corrected chi connectivity index (χ2v) is 8.60. The van der Waals surface area contributed by atoms with Crippen molar-refractivity contribution in [3.05, 3.63) is 65.7 Å². The number of likely N-dealkylation sites (tertiary alicyclic amines) is 1. The third-order valence-corrected chi connectivity index (χ3v) is 5.04. The van der Waals surface area contributed by atoms with Gasteiger partial charge in [0.25, 0.3) is 0 Å². The fourth-order valence-electron chi connectivity index (χ4n) is 3.79. The number of benzene rings is 2. The van der Waals surface area contributed by atoms with Crippen LogP contribution < -0.4 is 11.1 Å². The Morgan fingerprint density at radius 1 is 1.11 bits per heavy atom. The van der Waals surface area contributed by atoms with Gasteiger partial charge in [0.2, 0.25) is 0 Å². The molecular formula is C23H31N3O2. The number of amides is 1. The van der Waals surface area contributed by atoms with Crippen molar-refractivity contribution in [2.75, 3.05) is 25.4 Å². The summed E-state index contributed by atoms with van der Waals surface area (Å²) in [5.74, 6) is 0.666. The second kappa shape index (κ2) is 8.65. The summed E-state index contributed by atoms with van der Waals surface area (Å²) in [4.78, 5) is 14.6. The van der Waals surface area contributed by atoms with Crippen LogP contribution in [0.15, 0.2) is 54.6 Å². The summed E-state index contributed by atoms with van der Waals surface area (Å²) in [6.07, 6.45) is -0.356. The molecule has 1 fully saturated rings. The van der Waals surface area contributed by atoms with Crippen LogP contribution in [0.25, 0.3) is 0 Å². The van der Waals surface area contributed by atoms with Crippen LogP contribution in [0.1, 0.15) is 37.8 Å². The van der Waals surface area contributed by atoms with Crippen molar-refractivity contribution in [2.24, 2.45) is 5.92 Å². The van der Waals surface area contributed by atoms with Gasteiger partial charge in [0.05, 0.1) is 0 Å². The van der Waals surface area contributed by atoms with Crippen molar-refractivity contribution >= 4 is 11.8 Å². The van der Waals surface area contributed by atoms with E-state index in [4.69, 9.17) is 10.5 Å². The van der Waals surface area contributed by atoms with Gasteiger partial charge in [0.1, 0.15) is 5.60 Å². The summed E-state index contributed by atoms with van der Waals surface area (Å²) in [5.41, 5.74) is 8.71. The minimum Gasteiger partial charge on any atom is -0.444 e. The fourth-order valence-corrected chi connectivity index (χ4v) is 3.79. The van der Waals surface area contributed by atoms with Crippen LogP contribution >= 0.6 is 0 Å². The molecule has 2 atom stereocenters. The van der Waals surface area contributed by atoms with E-state index in [-0.39, 0.29) is 6.09 Å². The first-order valence-corrected chi connectivity index (χ1v) is 9.89. The Balaban J connectivity index is 1.68. The first kappa shape index (κ1) is 20.2. The highest BCUT2D eigenvalue weighted by molar-refractivity contribution is 5.67. The van der Waals surface area contributed by atoms with Gasteiger partial charge < -0.3 is 15.8 Å². The second-order valence-electron chi connectivity index (χ2n) is 8.60. The van der Waals surface area contributed by atoms with Crippen LogP contribution in [0.4, 0.5) is 10.5 Å². The van der Waals surface area contributed by atoms with Gasteiger partial charge in [0.15, 0.2) is 0 Å². The Morgan fingerprint density at radius 3 is 2.43 bits per heavy atom. The maximum absolute atomic E-state index is 12.1. The average molecular weight is 382 g/mol. The number of nitrogen functional groups attached to an aromatic ring is 1. The van der Waals surface area contributed by atoms with Gasteiger partial charge in [-0.25, -0.2) is 4.79 Å². The van der Waals surface area contributed by atoms with Crippen molar-refractivity contribution in [3.8, 4) is 0 Å². The number of anilines is 1. The molecule has 0 saturated carbocycles. The van der Waals surface area contributed by atoms with Gasteiger partial charge in [-0.2, -0.15) is 0 Å². The SMILES string of the molecule is CC(C)(C)OC(=O)NC[C@H]1CN(Cc2ccccc2)C[C@@H]1c1ccc(N)cc1. The normalized spacial score (nSPS) is 20.1. The van der Waals surface area contributed by atoms with Crippen LogP contribution in [0.3, 0.4) is 0 Å². The quantitative estimate of drug-likeness (QED) is 0.768. The first-order chi connectivity index (χ1) is 13.3. The zero-order chi connectivity index (χ0) is 20.1. The monoisotopic (exact) mass is 381 g/mol. The molecule has 1 heterocycles. The Labute approximate surface area is 167 Å². The van der Waals surface area contributed by atoms with Crippen LogP contribution in [-0.4, -0.2) is 36.2 Å². The molecule has 2 aromatic rings. The van der Waals surface area contributed by atoms with E-state index < -0.39 is 5.60 Å². The highest BCUT2D eigenvalue weighted by Gasteiger charge is 2.34. The van der Waals surface area contributed by atoms with Gasteiger partial charge in [-0.3, -0.25) is 4.90 Å². The Kier molecular flexibility index (Phi) is 6.25. The number of rotatable bonds is 5. The third-order valence-electron chi connectivity index (χ3n) is 5.04. The summed E-state index contributed by atoms with van der Waals surface area (Å²) >= 11 is 0. The van der Waals surface area contributed by atoms with Crippen molar-refractivity contribution < 1.29 is 9.53 Å². The highest BCUT2D eigenvalue weighted by atomic mass is 16.6. The van der Waals surface area contributed by atoms with E-state index in [2.05, 4.69) is 46.6 Å². The van der Waals surface area contributed by atoms with Crippen molar-refractivity contribution in [1.29, 1.82) is 0 Å². The molecule has 1 aliphatic heterocycles. The molecule has 2 aromatic carbocycles. The van der Waals surface area contributed by atoms with Gasteiger partial charge in [-0.15, -0.1) is 0 Å². The number of nitrogens with zero attached hydrogens (tertiary/aromatic N) is 1. The van der Waals surface area contributed by atoms with Gasteiger partial charge in [0, 0.05) is 37.8 Å². The molecule has 5 heteroatoms. The van der Waals surface area contributed by atoms with Gasteiger partial charge in [-0.05, 0) is 49.9 Å². The lowest BCUT2D eigenvalue weighted by molar-refractivity contribution is 0.0518. The first-order valence-electron chi connectivity index (χ1n) is 9.89. The molecule has 150 valence electrons. The van der Waals surface area contributed by atoms with Crippen molar-refractivity contribution in [1.82, 2.24) is 10.2 Å². The molecule has 0 bridgehead atoms. The predicted molar refractivity (Wildman–Crippen MR) is 113 cm³/mol. The van der Waals surface area contributed by atoms with Crippen LogP contribution in [-0.2, 0) is 11.3 Å². The summed E-state index contributed by atoms with van der Waals surface area (Å²) in [7, 11) is 0. The number of nitrogens with one attached hydrogen (secondary N) is 1. The minimum absolute atomic E-state index is 0.319. The van der Waals surface area contributed by atoms with E-state index in [1.165, 1.54) is 11.1 Å². The number of ether oxygens (including phenoxy) is 1. The van der Waals surface area contributed by atoms with Gasteiger partial charge in [-0.1, -0.05) is 42.5 Å². The number of alkyl carbamates (subject to hydrolysis) is 1. The number of carbonyl (C=O) groups excluding carboxylic acids is 1. The van der Waals surface area contributed by atoms with E-state index in [9.17, 15) is 4.79 Å². The summed E-state index contributed by atoms with van der Waals surface area (Å²) < 4.78 is 5.40. The smallest absolute Gasteiger partial charge is 0.407 e. The van der Waals surface area contributed by atoms with E-state index in [0.717, 1.165) is 25.3 Å². The van der Waals surface area contributed by atoms with E-state index in [1.807, 2.05) is 39.0 Å². The maximum atomic E-state index is 12.1. The highest BCUT2D eigenvalue weighted by Crippen LogP contribution is 2.33. The third kappa shape index (κ3) is 5.73. The molecule has 1 amide bonds. The largest absolute Gasteiger partial charge is 0.444 e. The number of nitrogens with two attached hydrogens (primary N) is 1. The fraction of sp³-hybridized carbons (Fsp3) is 0.435. The minimum atomic E-state index is -0.491. The molecule has 0 radical (unpaired) electrons. The predicted octanol–water partition coefficient (Wildman–Crippen LogP) is 4.01. The lowest BCUT2D eigenvalue weighted by Crippen LogP contribution is -2.36. The van der Waals surface area contributed by atoms with Crippen LogP contribution in [0, 0.1) is 5.92 Å². The zero-order valence-electron chi connectivity index (χ0n) is 17.0. The maximum Gasteiger partial charge on any atom is 0.407 e.